The van der Waals surface area contributed by atoms with Gasteiger partial charge in [0, 0.05) is 31.5 Å². The maximum absolute atomic E-state index is 12.0. The van der Waals surface area contributed by atoms with Crippen molar-refractivity contribution in [1.82, 2.24) is 25.2 Å². The molecule has 0 atom stereocenters. The summed E-state index contributed by atoms with van der Waals surface area (Å²) in [5.74, 6) is 0.211. The summed E-state index contributed by atoms with van der Waals surface area (Å²) in [4.78, 5) is 28.3. The molecule has 0 radical (unpaired) electrons. The van der Waals surface area contributed by atoms with Crippen LogP contribution in [0.15, 0.2) is 30.7 Å². The van der Waals surface area contributed by atoms with Gasteiger partial charge in [-0.15, -0.1) is 0 Å². The summed E-state index contributed by atoms with van der Waals surface area (Å²) < 4.78 is 1.62. The topological polar surface area (TPSA) is 100 Å². The van der Waals surface area contributed by atoms with E-state index in [0.717, 1.165) is 16.8 Å². The second-order valence-corrected chi connectivity index (χ2v) is 5.88. The number of amides is 2. The third kappa shape index (κ3) is 2.97. The number of anilines is 2. The minimum absolute atomic E-state index is 0.165. The summed E-state index contributed by atoms with van der Waals surface area (Å²) in [5.41, 5.74) is 4.28. The standard InChI is InChI=1S/C18H20N6O2/c1-10-5-6-12(17(25)19-3)7-14(10)23-16-15-11(2)13(18(26)20-4)8-24(15)22-9-21-16/h5-9H,1-4H3,(H,19,25)(H,20,26)(H,21,22,23). The van der Waals surface area contributed by atoms with E-state index < -0.39 is 0 Å². The highest BCUT2D eigenvalue weighted by Crippen LogP contribution is 2.27. The molecule has 0 spiro atoms. The van der Waals surface area contributed by atoms with Crippen molar-refractivity contribution < 1.29 is 9.59 Å². The Labute approximate surface area is 150 Å². The lowest BCUT2D eigenvalue weighted by Crippen LogP contribution is -2.18. The van der Waals surface area contributed by atoms with Gasteiger partial charge in [0.1, 0.15) is 11.8 Å². The minimum Gasteiger partial charge on any atom is -0.355 e. The van der Waals surface area contributed by atoms with Gasteiger partial charge in [-0.1, -0.05) is 6.07 Å². The Morgan fingerprint density at radius 2 is 1.81 bits per heavy atom. The summed E-state index contributed by atoms with van der Waals surface area (Å²) in [6, 6.07) is 5.40. The second kappa shape index (κ2) is 6.83. The Bertz CT molecular complexity index is 1010. The zero-order valence-corrected chi connectivity index (χ0v) is 15.0. The van der Waals surface area contributed by atoms with Crippen LogP contribution in [0.2, 0.25) is 0 Å². The molecule has 1 aromatic carbocycles. The number of rotatable bonds is 4. The molecule has 0 bridgehead atoms. The first-order chi connectivity index (χ1) is 12.5. The molecule has 0 aliphatic rings. The molecule has 0 unspecified atom stereocenters. The average Bonchev–Trinajstić information content (AvgIpc) is 3.00. The molecule has 2 heterocycles. The highest BCUT2D eigenvalue weighted by Gasteiger charge is 2.17. The highest BCUT2D eigenvalue weighted by molar-refractivity contribution is 5.99. The molecule has 3 aromatic rings. The molecule has 0 aliphatic heterocycles. The van der Waals surface area contributed by atoms with Crippen LogP contribution in [0.25, 0.3) is 5.52 Å². The molecular formula is C18H20N6O2. The summed E-state index contributed by atoms with van der Waals surface area (Å²) >= 11 is 0. The summed E-state index contributed by atoms with van der Waals surface area (Å²) in [6.07, 6.45) is 3.09. The highest BCUT2D eigenvalue weighted by atomic mass is 16.2. The van der Waals surface area contributed by atoms with Gasteiger partial charge in [0.15, 0.2) is 5.82 Å². The fraction of sp³-hybridized carbons (Fsp3) is 0.222. The van der Waals surface area contributed by atoms with Gasteiger partial charge >= 0.3 is 0 Å². The van der Waals surface area contributed by atoms with Gasteiger partial charge in [0.25, 0.3) is 11.8 Å². The first-order valence-corrected chi connectivity index (χ1v) is 8.11. The van der Waals surface area contributed by atoms with E-state index in [1.54, 1.807) is 36.9 Å². The molecule has 2 amide bonds. The zero-order valence-electron chi connectivity index (χ0n) is 15.0. The van der Waals surface area contributed by atoms with Gasteiger partial charge in [-0.2, -0.15) is 5.10 Å². The van der Waals surface area contributed by atoms with Crippen LogP contribution in [0.3, 0.4) is 0 Å². The van der Waals surface area contributed by atoms with E-state index >= 15 is 0 Å². The lowest BCUT2D eigenvalue weighted by molar-refractivity contribution is 0.0954. The summed E-state index contributed by atoms with van der Waals surface area (Å²) in [6.45, 7) is 3.79. The third-order valence-corrected chi connectivity index (χ3v) is 4.28. The number of nitrogens with one attached hydrogen (secondary N) is 3. The van der Waals surface area contributed by atoms with Gasteiger partial charge < -0.3 is 16.0 Å². The first-order valence-electron chi connectivity index (χ1n) is 8.11. The predicted octanol–water partition coefficient (Wildman–Crippen LogP) is 1.81. The van der Waals surface area contributed by atoms with Crippen LogP contribution in [0, 0.1) is 13.8 Å². The van der Waals surface area contributed by atoms with Crippen LogP contribution in [-0.4, -0.2) is 40.5 Å². The number of hydrogen-bond donors (Lipinski definition) is 3. The lowest BCUT2D eigenvalue weighted by atomic mass is 10.1. The van der Waals surface area contributed by atoms with Crippen molar-refractivity contribution in [1.29, 1.82) is 0 Å². The molecule has 3 rings (SSSR count). The predicted molar refractivity (Wildman–Crippen MR) is 99.0 cm³/mol. The van der Waals surface area contributed by atoms with Crippen LogP contribution in [-0.2, 0) is 0 Å². The van der Waals surface area contributed by atoms with Crippen LogP contribution in [0.5, 0.6) is 0 Å². The number of carbonyl (C=O) groups excluding carboxylic acids is 2. The summed E-state index contributed by atoms with van der Waals surface area (Å²) in [5, 5.41) is 12.7. The van der Waals surface area contributed by atoms with Crippen LogP contribution >= 0.6 is 0 Å². The molecule has 0 saturated heterocycles. The zero-order chi connectivity index (χ0) is 18.8. The Morgan fingerprint density at radius 1 is 1.08 bits per heavy atom. The van der Waals surface area contributed by atoms with E-state index in [0.29, 0.717) is 22.5 Å². The number of benzene rings is 1. The number of aromatic nitrogens is 3. The number of nitrogens with zero attached hydrogens (tertiary/aromatic N) is 3. The Morgan fingerprint density at radius 3 is 2.50 bits per heavy atom. The van der Waals surface area contributed by atoms with Crippen molar-refractivity contribution in [3.05, 3.63) is 53.0 Å². The van der Waals surface area contributed by atoms with Crippen LogP contribution in [0.4, 0.5) is 11.5 Å². The second-order valence-electron chi connectivity index (χ2n) is 5.88. The van der Waals surface area contributed by atoms with Crippen molar-refractivity contribution in [3.8, 4) is 0 Å². The Balaban J connectivity index is 2.08. The maximum atomic E-state index is 12.0. The number of carbonyl (C=O) groups is 2. The number of fused-ring (bicyclic) bond motifs is 1. The fourth-order valence-corrected chi connectivity index (χ4v) is 2.79. The lowest BCUT2D eigenvalue weighted by Gasteiger charge is -2.12. The SMILES string of the molecule is CNC(=O)c1ccc(C)c(Nc2ncnn3cc(C(=O)NC)c(C)c23)c1. The quantitative estimate of drug-likeness (QED) is 0.665. The Hall–Kier alpha value is -3.42. The van der Waals surface area contributed by atoms with E-state index in [1.807, 2.05) is 19.9 Å². The molecule has 8 heteroatoms. The van der Waals surface area contributed by atoms with E-state index in [4.69, 9.17) is 0 Å². The van der Waals surface area contributed by atoms with Gasteiger partial charge in [-0.3, -0.25) is 9.59 Å². The monoisotopic (exact) mass is 352 g/mol. The average molecular weight is 352 g/mol. The minimum atomic E-state index is -0.184. The first kappa shape index (κ1) is 17.4. The molecule has 134 valence electrons. The molecule has 26 heavy (non-hydrogen) atoms. The summed E-state index contributed by atoms with van der Waals surface area (Å²) in [7, 11) is 3.18. The molecular weight excluding hydrogens is 332 g/mol. The van der Waals surface area contributed by atoms with E-state index in [2.05, 4.69) is 26.0 Å². The van der Waals surface area contributed by atoms with Gasteiger partial charge in [0.05, 0.1) is 5.56 Å². The fourth-order valence-electron chi connectivity index (χ4n) is 2.79. The normalized spacial score (nSPS) is 10.6. The van der Waals surface area contributed by atoms with Gasteiger partial charge in [-0.05, 0) is 37.1 Å². The van der Waals surface area contributed by atoms with Crippen LogP contribution in [0.1, 0.15) is 31.8 Å². The van der Waals surface area contributed by atoms with Crippen molar-refractivity contribution in [2.75, 3.05) is 19.4 Å². The maximum Gasteiger partial charge on any atom is 0.252 e. The van der Waals surface area contributed by atoms with Crippen molar-refractivity contribution in [2.45, 2.75) is 13.8 Å². The van der Waals surface area contributed by atoms with E-state index in [-0.39, 0.29) is 11.8 Å². The molecule has 8 nitrogen and oxygen atoms in total. The molecule has 3 N–H and O–H groups in total. The van der Waals surface area contributed by atoms with E-state index in [1.165, 1.54) is 6.33 Å². The molecule has 0 saturated carbocycles. The molecule has 2 aromatic heterocycles. The van der Waals surface area contributed by atoms with Crippen molar-refractivity contribution in [3.63, 3.8) is 0 Å². The molecule has 0 aliphatic carbocycles. The Kier molecular flexibility index (Phi) is 4.57. The third-order valence-electron chi connectivity index (χ3n) is 4.28. The number of hydrogen-bond acceptors (Lipinski definition) is 5. The van der Waals surface area contributed by atoms with Crippen molar-refractivity contribution in [2.24, 2.45) is 0 Å². The smallest absolute Gasteiger partial charge is 0.252 e. The van der Waals surface area contributed by atoms with Crippen LogP contribution < -0.4 is 16.0 Å². The number of aryl methyl sites for hydroxylation is 2. The molecule has 0 fully saturated rings. The van der Waals surface area contributed by atoms with Gasteiger partial charge in [0.2, 0.25) is 0 Å². The van der Waals surface area contributed by atoms with Gasteiger partial charge in [-0.25, -0.2) is 9.50 Å². The largest absolute Gasteiger partial charge is 0.355 e. The van der Waals surface area contributed by atoms with Crippen molar-refractivity contribution >= 4 is 28.8 Å². The van der Waals surface area contributed by atoms with E-state index in [9.17, 15) is 9.59 Å².